The minimum atomic E-state index is -1.96. The first kappa shape index (κ1) is 35.5. The molecule has 27 heavy (non-hydrogen) atoms. The molecule has 0 rings (SSSR count). The fourth-order valence-corrected chi connectivity index (χ4v) is 2.86. The van der Waals surface area contributed by atoms with Crippen molar-refractivity contribution in [3.63, 3.8) is 0 Å². The minimum absolute atomic E-state index is 0. The van der Waals surface area contributed by atoms with E-state index < -0.39 is 15.1 Å². The molecule has 0 aromatic heterocycles. The van der Waals surface area contributed by atoms with E-state index in [1.54, 1.807) is 13.8 Å². The van der Waals surface area contributed by atoms with Crippen LogP contribution in [0.2, 0.25) is 0 Å². The average molecular weight is 417 g/mol. The normalized spacial score (nSPS) is 15.6. The van der Waals surface area contributed by atoms with Gasteiger partial charge < -0.3 is 21.6 Å². The van der Waals surface area contributed by atoms with Gasteiger partial charge in [0.1, 0.15) is 0 Å². The van der Waals surface area contributed by atoms with E-state index in [1.165, 1.54) is 0 Å². The van der Waals surface area contributed by atoms with Crippen molar-refractivity contribution < 1.29 is 21.6 Å². The predicted octanol–water partition coefficient (Wildman–Crippen LogP) is 3.33. The molecule has 0 radical (unpaired) electrons. The first-order valence-electron chi connectivity index (χ1n) is 10.3. The van der Waals surface area contributed by atoms with Crippen LogP contribution in [0.25, 0.3) is 0 Å². The Hall–Kier alpha value is 1.10. The second-order valence-electron chi connectivity index (χ2n) is 6.79. The van der Waals surface area contributed by atoms with Gasteiger partial charge in [-0.1, -0.05) is 61.3 Å². The summed E-state index contributed by atoms with van der Waals surface area (Å²) in [7, 11) is 0. The largest absolute Gasteiger partial charge is 2.00 e. The van der Waals surface area contributed by atoms with Gasteiger partial charge in [-0.3, -0.25) is 0 Å². The molecule has 5 atom stereocenters. The Labute approximate surface area is 191 Å². The molecule has 7 heteroatoms. The van der Waals surface area contributed by atoms with Crippen molar-refractivity contribution in [1.29, 1.82) is 0 Å². The van der Waals surface area contributed by atoms with Crippen molar-refractivity contribution in [2.75, 3.05) is 0 Å². The van der Waals surface area contributed by atoms with Gasteiger partial charge in [0, 0.05) is 18.3 Å². The molecule has 0 saturated carbocycles. The number of hydrogen-bond acceptors (Lipinski definition) is 5. The molecule has 0 aromatic rings. The van der Waals surface area contributed by atoms with Gasteiger partial charge in [-0.05, 0) is 40.0 Å². The second-order valence-corrected chi connectivity index (χ2v) is 8.19. The molecule has 0 spiro atoms. The molecule has 0 saturated heterocycles. The van der Waals surface area contributed by atoms with Crippen LogP contribution in [0.5, 0.6) is 0 Å². The summed E-state index contributed by atoms with van der Waals surface area (Å²) < 4.78 is 17.5. The Bertz CT molecular complexity index is 234. The summed E-state index contributed by atoms with van der Waals surface area (Å²) in [6, 6.07) is 0. The molecule has 0 aliphatic rings. The third-order valence-corrected chi connectivity index (χ3v) is 5.97. The smallest absolute Gasteiger partial charge is 0.852 e. The summed E-state index contributed by atoms with van der Waals surface area (Å²) in [5.74, 6) is 0. The van der Waals surface area contributed by atoms with E-state index in [1.807, 2.05) is 13.8 Å². The molecule has 0 fully saturated rings. The van der Waals surface area contributed by atoms with Crippen LogP contribution in [0.3, 0.4) is 0 Å². The minimum Gasteiger partial charge on any atom is -0.852 e. The maximum absolute atomic E-state index is 9.90. The van der Waals surface area contributed by atoms with Crippen molar-refractivity contribution >= 4 is 38.2 Å². The fourth-order valence-electron chi connectivity index (χ4n) is 0.954. The first-order valence-corrected chi connectivity index (χ1v) is 11.8. The van der Waals surface area contributed by atoms with E-state index in [0.717, 1.165) is 32.1 Å². The van der Waals surface area contributed by atoms with E-state index in [9.17, 15) is 10.2 Å². The maximum Gasteiger partial charge on any atom is 2.00 e. The van der Waals surface area contributed by atoms with Crippen molar-refractivity contribution in [3.8, 4) is 0 Å². The van der Waals surface area contributed by atoms with Crippen molar-refractivity contribution in [2.24, 2.45) is 0 Å². The van der Waals surface area contributed by atoms with Gasteiger partial charge in [0.15, 0.2) is 0 Å². The van der Waals surface area contributed by atoms with Crippen molar-refractivity contribution in [3.05, 3.63) is 0 Å². The monoisotopic (exact) mass is 416 g/mol. The summed E-state index contributed by atoms with van der Waals surface area (Å²) >= 11 is -1.96. The Balaban J connectivity index is -0.000000199. The van der Waals surface area contributed by atoms with Gasteiger partial charge in [0.05, 0.1) is 0 Å². The van der Waals surface area contributed by atoms with Gasteiger partial charge >= 0.3 is 38.2 Å². The Morgan fingerprint density at radius 2 is 0.741 bits per heavy atom. The standard InChI is InChI=1S/5C4H9O.Al.Mg/c5*1-3-4(2)5;;/h5*4H,3H2,1-2H3;;/q5*-1;+3;+2. The van der Waals surface area contributed by atoms with Gasteiger partial charge in [-0.15, -0.1) is 12.2 Å². The second kappa shape index (κ2) is 25.1. The van der Waals surface area contributed by atoms with Crippen LogP contribution < -0.4 is 10.2 Å². The van der Waals surface area contributed by atoms with Crippen LogP contribution in [-0.4, -0.2) is 68.7 Å². The zero-order chi connectivity index (χ0) is 21.1. The van der Waals surface area contributed by atoms with Crippen molar-refractivity contribution in [1.82, 2.24) is 0 Å². The summed E-state index contributed by atoms with van der Waals surface area (Å²) in [6.45, 7) is 19.7. The molecule has 0 aliphatic carbocycles. The summed E-state index contributed by atoms with van der Waals surface area (Å²) in [5, 5.41) is 19.8. The molecule has 5 nitrogen and oxygen atoms in total. The molecular formula is C20H45AlMgO5. The van der Waals surface area contributed by atoms with Crippen LogP contribution in [0, 0.1) is 0 Å². The Kier molecular flexibility index (Phi) is 33.1. The molecule has 0 aromatic carbocycles. The molecule has 0 N–H and O–H groups in total. The van der Waals surface area contributed by atoms with Gasteiger partial charge in [-0.2, -0.15) is 0 Å². The summed E-state index contributed by atoms with van der Waals surface area (Å²) in [4.78, 5) is 0. The zero-order valence-corrected chi connectivity index (χ0v) is 22.3. The number of hydrogen-bond donors (Lipinski definition) is 0. The molecule has 160 valence electrons. The van der Waals surface area contributed by atoms with Gasteiger partial charge in [0.25, 0.3) is 0 Å². The van der Waals surface area contributed by atoms with E-state index in [4.69, 9.17) is 11.4 Å². The van der Waals surface area contributed by atoms with E-state index >= 15 is 0 Å². The molecule has 5 unspecified atom stereocenters. The van der Waals surface area contributed by atoms with Crippen LogP contribution in [0.1, 0.15) is 101 Å². The van der Waals surface area contributed by atoms with Crippen molar-refractivity contribution in [2.45, 2.75) is 132 Å². The quantitative estimate of drug-likeness (QED) is 0.483. The third-order valence-electron chi connectivity index (χ3n) is 3.90. The topological polar surface area (TPSA) is 73.8 Å². The third kappa shape index (κ3) is 32.0. The number of rotatable bonds is 11. The molecule has 0 bridgehead atoms. The van der Waals surface area contributed by atoms with Gasteiger partial charge in [0.2, 0.25) is 0 Å². The zero-order valence-electron chi connectivity index (χ0n) is 19.7. The SMILES string of the molecule is CCC(C)[O-].CCC(C)[O-].CCC(C)[O][Al]([O]C(C)CC)[O]C(C)CC.[Mg+2]. The van der Waals surface area contributed by atoms with Crippen LogP contribution in [0.4, 0.5) is 0 Å². The first-order chi connectivity index (χ1) is 12.1. The predicted molar refractivity (Wildman–Crippen MR) is 114 cm³/mol. The molecule has 0 heterocycles. The maximum atomic E-state index is 9.90. The van der Waals surface area contributed by atoms with E-state index in [0.29, 0.717) is 0 Å². The Morgan fingerprint density at radius 1 is 0.556 bits per heavy atom. The average Bonchev–Trinajstić information content (AvgIpc) is 2.61. The van der Waals surface area contributed by atoms with E-state index in [-0.39, 0.29) is 53.6 Å². The molecule has 0 amide bonds. The Morgan fingerprint density at radius 3 is 0.852 bits per heavy atom. The molecule has 0 aliphatic heterocycles. The summed E-state index contributed by atoms with van der Waals surface area (Å²) in [5.41, 5.74) is 0. The van der Waals surface area contributed by atoms with Gasteiger partial charge in [-0.25, -0.2) is 0 Å². The van der Waals surface area contributed by atoms with E-state index in [2.05, 4.69) is 41.5 Å². The van der Waals surface area contributed by atoms with Crippen LogP contribution in [0.15, 0.2) is 0 Å². The summed E-state index contributed by atoms with van der Waals surface area (Å²) in [6.07, 6.45) is 4.44. The fraction of sp³-hybridized carbons (Fsp3) is 1.00. The van der Waals surface area contributed by atoms with Crippen LogP contribution >= 0.6 is 0 Å². The molecular weight excluding hydrogens is 372 g/mol. The van der Waals surface area contributed by atoms with Crippen LogP contribution in [-0.2, 0) is 11.4 Å².